The summed E-state index contributed by atoms with van der Waals surface area (Å²) in [5.74, 6) is 0. The summed E-state index contributed by atoms with van der Waals surface area (Å²) in [5, 5.41) is 3.44. The maximum Gasteiger partial charge on any atom is 0.0634 e. The van der Waals surface area contributed by atoms with Crippen LogP contribution >= 0.6 is 0 Å². The summed E-state index contributed by atoms with van der Waals surface area (Å²) in [4.78, 5) is 2.67. The van der Waals surface area contributed by atoms with Crippen LogP contribution in [0.25, 0.3) is 0 Å². The SMILES string of the molecule is CCCN(CCC(C)(C)OC)C1CCNCC1. The minimum absolute atomic E-state index is 0.0128. The molecule has 0 bridgehead atoms. The second-order valence-electron chi connectivity index (χ2n) is 5.73. The van der Waals surface area contributed by atoms with Crippen LogP contribution in [-0.4, -0.2) is 49.8 Å². The van der Waals surface area contributed by atoms with E-state index >= 15 is 0 Å². The Labute approximate surface area is 107 Å². The molecule has 1 N–H and O–H groups in total. The molecule has 0 aromatic carbocycles. The summed E-state index contributed by atoms with van der Waals surface area (Å²) >= 11 is 0. The number of nitrogens with zero attached hydrogens (tertiary/aromatic N) is 1. The van der Waals surface area contributed by atoms with Gasteiger partial charge in [0.05, 0.1) is 5.60 Å². The van der Waals surface area contributed by atoms with E-state index in [1.54, 1.807) is 0 Å². The van der Waals surface area contributed by atoms with Crippen molar-refractivity contribution in [3.63, 3.8) is 0 Å². The molecule has 0 amide bonds. The normalized spacial score (nSPS) is 18.9. The quantitative estimate of drug-likeness (QED) is 0.741. The number of hydrogen-bond acceptors (Lipinski definition) is 3. The van der Waals surface area contributed by atoms with Crippen molar-refractivity contribution in [2.75, 3.05) is 33.3 Å². The van der Waals surface area contributed by atoms with Crippen molar-refractivity contribution in [3.8, 4) is 0 Å². The number of nitrogens with one attached hydrogen (secondary N) is 1. The number of rotatable bonds is 7. The van der Waals surface area contributed by atoms with Crippen LogP contribution in [0.2, 0.25) is 0 Å². The molecule has 0 aliphatic carbocycles. The predicted molar refractivity (Wildman–Crippen MR) is 73.5 cm³/mol. The fourth-order valence-corrected chi connectivity index (χ4v) is 2.45. The van der Waals surface area contributed by atoms with Gasteiger partial charge >= 0.3 is 0 Å². The lowest BCUT2D eigenvalue weighted by molar-refractivity contribution is 0.00242. The monoisotopic (exact) mass is 242 g/mol. The van der Waals surface area contributed by atoms with Crippen molar-refractivity contribution in [2.45, 2.75) is 58.1 Å². The lowest BCUT2D eigenvalue weighted by Gasteiger charge is -2.36. The third kappa shape index (κ3) is 5.36. The van der Waals surface area contributed by atoms with Gasteiger partial charge in [0.25, 0.3) is 0 Å². The highest BCUT2D eigenvalue weighted by molar-refractivity contribution is 4.80. The third-order valence-electron chi connectivity index (χ3n) is 3.89. The number of hydrogen-bond donors (Lipinski definition) is 1. The average Bonchev–Trinajstić information content (AvgIpc) is 2.35. The Bertz CT molecular complexity index is 200. The molecule has 3 heteroatoms. The topological polar surface area (TPSA) is 24.5 Å². The first kappa shape index (κ1) is 14.9. The molecule has 0 atom stereocenters. The van der Waals surface area contributed by atoms with E-state index in [0.29, 0.717) is 0 Å². The molecule has 0 saturated carbocycles. The summed E-state index contributed by atoms with van der Waals surface area (Å²) in [5.41, 5.74) is 0.0128. The van der Waals surface area contributed by atoms with Crippen LogP contribution in [0.15, 0.2) is 0 Å². The second kappa shape index (κ2) is 7.34. The Hall–Kier alpha value is -0.120. The first-order chi connectivity index (χ1) is 8.09. The first-order valence-corrected chi connectivity index (χ1v) is 7.09. The fourth-order valence-electron chi connectivity index (χ4n) is 2.45. The Kier molecular flexibility index (Phi) is 6.45. The molecule has 17 heavy (non-hydrogen) atoms. The minimum atomic E-state index is 0.0128. The molecule has 1 fully saturated rings. The Balaban J connectivity index is 2.41. The van der Waals surface area contributed by atoms with Crippen LogP contribution in [-0.2, 0) is 4.74 Å². The van der Waals surface area contributed by atoms with Crippen LogP contribution in [0.3, 0.4) is 0 Å². The molecule has 1 aliphatic rings. The van der Waals surface area contributed by atoms with E-state index in [0.717, 1.165) is 12.5 Å². The summed E-state index contributed by atoms with van der Waals surface area (Å²) in [6.07, 6.45) is 4.96. The lowest BCUT2D eigenvalue weighted by Crippen LogP contribution is -2.45. The van der Waals surface area contributed by atoms with Gasteiger partial charge in [-0.05, 0) is 59.2 Å². The number of methoxy groups -OCH3 is 1. The lowest BCUT2D eigenvalue weighted by atomic mass is 10.0. The number of ether oxygens (including phenoxy) is 1. The Morgan fingerprint density at radius 1 is 1.24 bits per heavy atom. The highest BCUT2D eigenvalue weighted by atomic mass is 16.5. The van der Waals surface area contributed by atoms with E-state index in [1.807, 2.05) is 7.11 Å². The smallest absolute Gasteiger partial charge is 0.0634 e. The minimum Gasteiger partial charge on any atom is -0.379 e. The molecule has 1 saturated heterocycles. The molecule has 1 aliphatic heterocycles. The second-order valence-corrected chi connectivity index (χ2v) is 5.73. The molecule has 0 aromatic heterocycles. The average molecular weight is 242 g/mol. The summed E-state index contributed by atoms with van der Waals surface area (Å²) in [6.45, 7) is 11.4. The van der Waals surface area contributed by atoms with Crippen molar-refractivity contribution in [1.82, 2.24) is 10.2 Å². The van der Waals surface area contributed by atoms with Crippen LogP contribution in [0, 0.1) is 0 Å². The first-order valence-electron chi connectivity index (χ1n) is 7.09. The Morgan fingerprint density at radius 3 is 2.41 bits per heavy atom. The molecule has 0 unspecified atom stereocenters. The van der Waals surface area contributed by atoms with Gasteiger partial charge in [0, 0.05) is 19.7 Å². The summed E-state index contributed by atoms with van der Waals surface area (Å²) in [6, 6.07) is 0.781. The zero-order chi connectivity index (χ0) is 12.7. The third-order valence-corrected chi connectivity index (χ3v) is 3.89. The van der Waals surface area contributed by atoms with E-state index in [4.69, 9.17) is 4.74 Å². The van der Waals surface area contributed by atoms with E-state index < -0.39 is 0 Å². The van der Waals surface area contributed by atoms with E-state index in [-0.39, 0.29) is 5.60 Å². The predicted octanol–water partition coefficient (Wildman–Crippen LogP) is 2.27. The van der Waals surface area contributed by atoms with E-state index in [2.05, 4.69) is 31.0 Å². The standard InChI is InChI=1S/C14H30N2O/c1-5-11-16(12-8-14(2,3)17-4)13-6-9-15-10-7-13/h13,15H,5-12H2,1-4H3. The fraction of sp³-hybridized carbons (Fsp3) is 1.00. The molecule has 1 heterocycles. The van der Waals surface area contributed by atoms with Gasteiger partial charge in [-0.15, -0.1) is 0 Å². The van der Waals surface area contributed by atoms with Gasteiger partial charge in [-0.3, -0.25) is 0 Å². The van der Waals surface area contributed by atoms with Crippen molar-refractivity contribution in [1.29, 1.82) is 0 Å². The molecular formula is C14H30N2O. The van der Waals surface area contributed by atoms with Crippen LogP contribution in [0.5, 0.6) is 0 Å². The van der Waals surface area contributed by atoms with Crippen LogP contribution < -0.4 is 5.32 Å². The summed E-state index contributed by atoms with van der Waals surface area (Å²) in [7, 11) is 1.81. The molecule has 3 nitrogen and oxygen atoms in total. The zero-order valence-electron chi connectivity index (χ0n) is 12.1. The van der Waals surface area contributed by atoms with Crippen molar-refractivity contribution >= 4 is 0 Å². The highest BCUT2D eigenvalue weighted by Gasteiger charge is 2.23. The van der Waals surface area contributed by atoms with Crippen molar-refractivity contribution in [2.24, 2.45) is 0 Å². The van der Waals surface area contributed by atoms with Gasteiger partial charge in [-0.2, -0.15) is 0 Å². The summed E-state index contributed by atoms with van der Waals surface area (Å²) < 4.78 is 5.51. The van der Waals surface area contributed by atoms with E-state index in [9.17, 15) is 0 Å². The van der Waals surface area contributed by atoms with Gasteiger partial charge in [0.1, 0.15) is 0 Å². The molecule has 1 rings (SSSR count). The molecule has 0 aromatic rings. The van der Waals surface area contributed by atoms with Gasteiger partial charge in [-0.1, -0.05) is 6.92 Å². The highest BCUT2D eigenvalue weighted by Crippen LogP contribution is 2.18. The zero-order valence-corrected chi connectivity index (χ0v) is 12.1. The maximum absolute atomic E-state index is 5.51. The van der Waals surface area contributed by atoms with Crippen LogP contribution in [0.4, 0.5) is 0 Å². The van der Waals surface area contributed by atoms with Gasteiger partial charge in [0.2, 0.25) is 0 Å². The molecule has 0 spiro atoms. The van der Waals surface area contributed by atoms with Crippen LogP contribution in [0.1, 0.15) is 46.5 Å². The molecular weight excluding hydrogens is 212 g/mol. The van der Waals surface area contributed by atoms with Crippen molar-refractivity contribution in [3.05, 3.63) is 0 Å². The Morgan fingerprint density at radius 2 is 1.88 bits per heavy atom. The van der Waals surface area contributed by atoms with Gasteiger partial charge < -0.3 is 15.0 Å². The molecule has 102 valence electrons. The van der Waals surface area contributed by atoms with Crippen molar-refractivity contribution < 1.29 is 4.74 Å². The molecule has 0 radical (unpaired) electrons. The maximum atomic E-state index is 5.51. The van der Waals surface area contributed by atoms with Gasteiger partial charge in [-0.25, -0.2) is 0 Å². The number of piperidine rings is 1. The van der Waals surface area contributed by atoms with E-state index in [1.165, 1.54) is 45.4 Å². The largest absolute Gasteiger partial charge is 0.379 e. The van der Waals surface area contributed by atoms with Gasteiger partial charge in [0.15, 0.2) is 0 Å².